The Morgan fingerprint density at radius 1 is 0.786 bits per heavy atom. The zero-order valence-electron chi connectivity index (χ0n) is 18.1. The zero-order valence-corrected chi connectivity index (χ0v) is 19.6. The Bertz CT molecular complexity index is 622. The van der Waals surface area contributed by atoms with Gasteiger partial charge in [0.05, 0.1) is 26.2 Å². The molecule has 0 radical (unpaired) electrons. The molecule has 0 amide bonds. The van der Waals surface area contributed by atoms with Gasteiger partial charge >= 0.3 is 0 Å². The average Bonchev–Trinajstić information content (AvgIpc) is 3.16. The summed E-state index contributed by atoms with van der Waals surface area (Å²) in [5, 5.41) is 0.320. The molecule has 0 N–H and O–H groups in total. The van der Waals surface area contributed by atoms with Crippen molar-refractivity contribution in [1.29, 1.82) is 0 Å². The molecular weight excluding hydrogens is 393 g/mol. The highest BCUT2D eigenvalue weighted by Crippen LogP contribution is 2.18. The van der Waals surface area contributed by atoms with Crippen molar-refractivity contribution in [3.05, 3.63) is 16.8 Å². The van der Waals surface area contributed by atoms with Crippen molar-refractivity contribution in [2.24, 2.45) is 0 Å². The molecule has 0 fully saturated rings. The van der Waals surface area contributed by atoms with Gasteiger partial charge in [-0.25, -0.2) is 4.98 Å². The molecule has 28 heavy (non-hydrogen) atoms. The summed E-state index contributed by atoms with van der Waals surface area (Å²) in [6.07, 6.45) is 12.4. The number of rotatable bonds is 12. The number of hydrogen-bond acceptors (Lipinski definition) is 3. The van der Waals surface area contributed by atoms with E-state index in [-0.39, 0.29) is 10.4 Å². The number of aromatic nitrogens is 4. The number of unbranched alkanes of at least 4 members (excludes halogenated alkanes) is 4. The molecule has 160 valence electrons. The summed E-state index contributed by atoms with van der Waals surface area (Å²) in [4.78, 5) is 15.1. The van der Waals surface area contributed by atoms with Crippen LogP contribution in [0.1, 0.15) is 79.1 Å². The van der Waals surface area contributed by atoms with Crippen molar-refractivity contribution in [2.45, 2.75) is 79.1 Å². The number of imidazole rings is 1. The first kappa shape index (κ1) is 25.1. The molecule has 0 aliphatic heterocycles. The SMILES string of the molecule is CCCC[N+](CCCC)(CCCC)CCCC.Clc1nc(Cl)c2nc[n-]c2n1. The summed E-state index contributed by atoms with van der Waals surface area (Å²) in [6.45, 7) is 15.0. The van der Waals surface area contributed by atoms with Crippen molar-refractivity contribution in [1.82, 2.24) is 19.9 Å². The molecule has 5 nitrogen and oxygen atoms in total. The van der Waals surface area contributed by atoms with Crippen molar-refractivity contribution < 1.29 is 4.48 Å². The number of quaternary nitrogens is 1. The molecule has 0 unspecified atom stereocenters. The second kappa shape index (κ2) is 14.1. The third-order valence-corrected chi connectivity index (χ3v) is 5.54. The van der Waals surface area contributed by atoms with E-state index >= 15 is 0 Å². The molecule has 0 atom stereocenters. The fraction of sp³-hybridized carbons (Fsp3) is 0.762. The van der Waals surface area contributed by atoms with Crippen LogP contribution in [0, 0.1) is 0 Å². The monoisotopic (exact) mass is 429 g/mol. The Hall–Kier alpha value is -0.910. The molecular formula is C21H37Cl2N5. The van der Waals surface area contributed by atoms with Crippen LogP contribution in [0.2, 0.25) is 10.4 Å². The lowest BCUT2D eigenvalue weighted by atomic mass is 10.1. The van der Waals surface area contributed by atoms with Crippen molar-refractivity contribution in [2.75, 3.05) is 26.2 Å². The van der Waals surface area contributed by atoms with Crippen LogP contribution in [0.25, 0.3) is 11.2 Å². The average molecular weight is 430 g/mol. The van der Waals surface area contributed by atoms with Crippen LogP contribution < -0.4 is 4.98 Å². The largest absolute Gasteiger partial charge is 0.365 e. The maximum atomic E-state index is 5.67. The van der Waals surface area contributed by atoms with E-state index in [2.05, 4.69) is 47.6 Å². The number of halogens is 2. The maximum absolute atomic E-state index is 5.67. The molecule has 7 heteroatoms. The van der Waals surface area contributed by atoms with E-state index < -0.39 is 0 Å². The van der Waals surface area contributed by atoms with Gasteiger partial charge < -0.3 is 19.4 Å². The molecule has 2 aromatic heterocycles. The lowest BCUT2D eigenvalue weighted by Crippen LogP contribution is -2.50. The quantitative estimate of drug-likeness (QED) is 0.225. The topological polar surface area (TPSA) is 52.8 Å². The van der Waals surface area contributed by atoms with E-state index in [1.54, 1.807) is 0 Å². The van der Waals surface area contributed by atoms with Gasteiger partial charge in [-0.3, -0.25) is 0 Å². The molecule has 2 aromatic rings. The molecule has 2 rings (SSSR count). The van der Waals surface area contributed by atoms with Gasteiger partial charge in [-0.1, -0.05) is 76.6 Å². The van der Waals surface area contributed by atoms with Gasteiger partial charge in [-0.05, 0) is 32.0 Å². The van der Waals surface area contributed by atoms with Gasteiger partial charge in [-0.15, -0.1) is 0 Å². The minimum atomic E-state index is 0.0861. The fourth-order valence-corrected chi connectivity index (χ4v) is 3.80. The van der Waals surface area contributed by atoms with Crippen molar-refractivity contribution >= 4 is 34.4 Å². The second-order valence-electron chi connectivity index (χ2n) is 7.48. The Balaban J connectivity index is 0.000000302. The predicted octanol–water partition coefficient (Wildman–Crippen LogP) is 6.29. The summed E-state index contributed by atoms with van der Waals surface area (Å²) in [5.74, 6) is 0. The van der Waals surface area contributed by atoms with Crippen LogP contribution >= 0.6 is 23.2 Å². The van der Waals surface area contributed by atoms with Crippen LogP contribution in [-0.2, 0) is 0 Å². The number of nitrogens with zero attached hydrogens (tertiary/aromatic N) is 5. The zero-order chi connectivity index (χ0) is 20.8. The van der Waals surface area contributed by atoms with E-state index in [0.29, 0.717) is 11.2 Å². The van der Waals surface area contributed by atoms with Gasteiger partial charge in [0.2, 0.25) is 0 Å². The maximum Gasteiger partial charge on any atom is 0.153 e. The van der Waals surface area contributed by atoms with E-state index in [1.165, 1.54) is 88.4 Å². The molecule has 2 heterocycles. The first-order chi connectivity index (χ1) is 13.5. The summed E-state index contributed by atoms with van der Waals surface area (Å²) in [5.41, 5.74) is 0.908. The van der Waals surface area contributed by atoms with E-state index in [0.717, 1.165) is 0 Å². The van der Waals surface area contributed by atoms with Crippen LogP contribution in [0.4, 0.5) is 0 Å². The molecule has 0 spiro atoms. The Morgan fingerprint density at radius 2 is 1.25 bits per heavy atom. The molecule has 0 aliphatic carbocycles. The fourth-order valence-electron chi connectivity index (χ4n) is 3.38. The second-order valence-corrected chi connectivity index (χ2v) is 8.18. The van der Waals surface area contributed by atoms with Crippen LogP contribution in [-0.4, -0.2) is 45.6 Å². The molecule has 0 bridgehead atoms. The summed E-state index contributed by atoms with van der Waals surface area (Å²) >= 11 is 11.2. The Morgan fingerprint density at radius 3 is 1.68 bits per heavy atom. The van der Waals surface area contributed by atoms with Crippen LogP contribution in [0.3, 0.4) is 0 Å². The van der Waals surface area contributed by atoms with Crippen molar-refractivity contribution in [3.63, 3.8) is 0 Å². The summed E-state index contributed by atoms with van der Waals surface area (Å²) in [6, 6.07) is 0. The standard InChI is InChI=1S/C16H36N.C5HCl2N4/c1-5-9-13-17(14-10-6-2,15-11-7-3)16-12-8-4;6-3-2-4(9-1-8-2)11-5(7)10-3/h5-16H2,1-4H3;1H/q+1;-1. The highest BCUT2D eigenvalue weighted by atomic mass is 35.5. The third-order valence-electron chi connectivity index (χ3n) is 5.11. The van der Waals surface area contributed by atoms with Crippen LogP contribution in [0.5, 0.6) is 0 Å². The first-order valence-electron chi connectivity index (χ1n) is 10.8. The molecule has 0 saturated heterocycles. The summed E-state index contributed by atoms with van der Waals surface area (Å²) in [7, 11) is 0. The van der Waals surface area contributed by atoms with Gasteiger partial charge in [0.25, 0.3) is 0 Å². The predicted molar refractivity (Wildman–Crippen MR) is 120 cm³/mol. The minimum absolute atomic E-state index is 0.0861. The molecule has 0 aromatic carbocycles. The van der Waals surface area contributed by atoms with E-state index in [4.69, 9.17) is 23.2 Å². The van der Waals surface area contributed by atoms with Gasteiger partial charge in [0, 0.05) is 11.2 Å². The van der Waals surface area contributed by atoms with Gasteiger partial charge in [0.15, 0.2) is 5.28 Å². The minimum Gasteiger partial charge on any atom is -0.365 e. The number of hydrogen-bond donors (Lipinski definition) is 0. The van der Waals surface area contributed by atoms with Crippen LogP contribution in [0.15, 0.2) is 6.33 Å². The smallest absolute Gasteiger partial charge is 0.153 e. The molecule has 0 aliphatic rings. The number of fused-ring (bicyclic) bond motifs is 1. The van der Waals surface area contributed by atoms with Gasteiger partial charge in [0.1, 0.15) is 5.15 Å². The lowest BCUT2D eigenvalue weighted by Gasteiger charge is -2.39. The van der Waals surface area contributed by atoms with E-state index in [9.17, 15) is 0 Å². The third kappa shape index (κ3) is 8.62. The lowest BCUT2D eigenvalue weighted by molar-refractivity contribution is -0.929. The Kier molecular flexibility index (Phi) is 12.7. The normalized spacial score (nSPS) is 11.5. The Labute approximate surface area is 180 Å². The highest BCUT2D eigenvalue weighted by molar-refractivity contribution is 6.35. The van der Waals surface area contributed by atoms with Crippen molar-refractivity contribution in [3.8, 4) is 0 Å². The molecule has 0 saturated carbocycles. The highest BCUT2D eigenvalue weighted by Gasteiger charge is 2.24. The first-order valence-corrected chi connectivity index (χ1v) is 11.6. The van der Waals surface area contributed by atoms with E-state index in [1.807, 2.05) is 0 Å². The van der Waals surface area contributed by atoms with Gasteiger partial charge in [-0.2, -0.15) is 0 Å². The summed E-state index contributed by atoms with van der Waals surface area (Å²) < 4.78 is 1.42.